The predicted octanol–water partition coefficient (Wildman–Crippen LogP) is 1.36. The van der Waals surface area contributed by atoms with Gasteiger partial charge in [0, 0.05) is 13.1 Å². The molecule has 0 spiro atoms. The van der Waals surface area contributed by atoms with Gasteiger partial charge in [-0.25, -0.2) is 12.8 Å². The van der Waals surface area contributed by atoms with Crippen LogP contribution in [-0.4, -0.2) is 25.8 Å². The van der Waals surface area contributed by atoms with Gasteiger partial charge in [-0.15, -0.1) is 0 Å². The number of hydrogen-bond donors (Lipinski definition) is 1. The number of sulfonamides is 1. The Labute approximate surface area is 99.6 Å². The summed E-state index contributed by atoms with van der Waals surface area (Å²) in [5.74, 6) is -0.606. The second-order valence-corrected chi connectivity index (χ2v) is 5.71. The average molecular weight is 256 g/mol. The maximum atomic E-state index is 13.1. The molecule has 0 fully saturated rings. The predicted molar refractivity (Wildman–Crippen MR) is 63.3 cm³/mol. The molecule has 17 heavy (non-hydrogen) atoms. The van der Waals surface area contributed by atoms with Crippen LogP contribution in [0, 0.1) is 5.82 Å². The molecule has 6 heteroatoms. The van der Waals surface area contributed by atoms with E-state index >= 15 is 0 Å². The first-order chi connectivity index (χ1) is 8.01. The van der Waals surface area contributed by atoms with Gasteiger partial charge in [-0.2, -0.15) is 4.31 Å². The molecule has 0 bridgehead atoms. The number of nitrogen functional groups attached to an aromatic ring is 1. The summed E-state index contributed by atoms with van der Waals surface area (Å²) in [5, 5.41) is 0. The van der Waals surface area contributed by atoms with Crippen molar-refractivity contribution < 1.29 is 12.8 Å². The van der Waals surface area contributed by atoms with E-state index in [1.165, 1.54) is 10.4 Å². The SMILES string of the molecule is Nc1ccc(F)cc1S(=O)(=O)N1CC=CCC1. The molecule has 1 aromatic carbocycles. The lowest BCUT2D eigenvalue weighted by Gasteiger charge is -2.23. The fraction of sp³-hybridized carbons (Fsp3) is 0.273. The van der Waals surface area contributed by atoms with E-state index in [1.54, 1.807) is 6.08 Å². The van der Waals surface area contributed by atoms with Gasteiger partial charge in [0.05, 0.1) is 5.69 Å². The van der Waals surface area contributed by atoms with Crippen LogP contribution in [0.15, 0.2) is 35.2 Å². The van der Waals surface area contributed by atoms with E-state index < -0.39 is 15.8 Å². The Bertz CT molecular complexity index is 555. The Morgan fingerprint density at radius 1 is 1.29 bits per heavy atom. The van der Waals surface area contributed by atoms with E-state index in [1.807, 2.05) is 6.08 Å². The Hall–Kier alpha value is -1.40. The Morgan fingerprint density at radius 3 is 2.71 bits per heavy atom. The minimum Gasteiger partial charge on any atom is -0.398 e. The highest BCUT2D eigenvalue weighted by Gasteiger charge is 2.26. The molecule has 0 radical (unpaired) electrons. The van der Waals surface area contributed by atoms with Crippen molar-refractivity contribution in [3.63, 3.8) is 0 Å². The first-order valence-corrected chi connectivity index (χ1v) is 6.66. The highest BCUT2D eigenvalue weighted by atomic mass is 32.2. The molecule has 2 N–H and O–H groups in total. The molecule has 1 heterocycles. The normalized spacial score (nSPS) is 17.2. The molecule has 0 saturated carbocycles. The third-order valence-corrected chi connectivity index (χ3v) is 4.54. The second kappa shape index (κ2) is 4.46. The summed E-state index contributed by atoms with van der Waals surface area (Å²) in [6.45, 7) is 0.701. The van der Waals surface area contributed by atoms with Crippen molar-refractivity contribution in [3.05, 3.63) is 36.2 Å². The van der Waals surface area contributed by atoms with Crippen LogP contribution in [0.1, 0.15) is 6.42 Å². The molecule has 0 aromatic heterocycles. The van der Waals surface area contributed by atoms with Gasteiger partial charge in [0.15, 0.2) is 0 Å². The molecule has 1 aromatic rings. The minimum absolute atomic E-state index is 0.0703. The number of nitrogens with zero attached hydrogens (tertiary/aromatic N) is 1. The number of rotatable bonds is 2. The van der Waals surface area contributed by atoms with Crippen LogP contribution in [-0.2, 0) is 10.0 Å². The summed E-state index contributed by atoms with van der Waals surface area (Å²) in [7, 11) is -3.70. The zero-order chi connectivity index (χ0) is 12.5. The number of halogens is 1. The zero-order valence-electron chi connectivity index (χ0n) is 9.14. The maximum absolute atomic E-state index is 13.1. The van der Waals surface area contributed by atoms with Crippen LogP contribution in [0.4, 0.5) is 10.1 Å². The smallest absolute Gasteiger partial charge is 0.245 e. The van der Waals surface area contributed by atoms with Gasteiger partial charge in [-0.1, -0.05) is 12.2 Å². The van der Waals surface area contributed by atoms with Gasteiger partial charge in [0.25, 0.3) is 0 Å². The topological polar surface area (TPSA) is 63.4 Å². The van der Waals surface area contributed by atoms with Crippen LogP contribution in [0.5, 0.6) is 0 Å². The van der Waals surface area contributed by atoms with E-state index in [-0.39, 0.29) is 10.6 Å². The summed E-state index contributed by atoms with van der Waals surface area (Å²) in [6.07, 6.45) is 4.35. The summed E-state index contributed by atoms with van der Waals surface area (Å²) in [6, 6.07) is 3.37. The molecular weight excluding hydrogens is 243 g/mol. The molecule has 0 aliphatic carbocycles. The van der Waals surface area contributed by atoms with E-state index in [4.69, 9.17) is 5.73 Å². The Kier molecular flexibility index (Phi) is 3.17. The molecule has 0 atom stereocenters. The fourth-order valence-electron chi connectivity index (χ4n) is 1.71. The monoisotopic (exact) mass is 256 g/mol. The molecule has 1 aliphatic rings. The molecule has 0 unspecified atom stereocenters. The molecule has 1 aliphatic heterocycles. The number of benzene rings is 1. The summed E-state index contributed by atoms with van der Waals surface area (Å²) in [4.78, 5) is -0.159. The lowest BCUT2D eigenvalue weighted by molar-refractivity contribution is 0.437. The zero-order valence-corrected chi connectivity index (χ0v) is 9.95. The number of hydrogen-bond acceptors (Lipinski definition) is 3. The van der Waals surface area contributed by atoms with E-state index in [2.05, 4.69) is 0 Å². The van der Waals surface area contributed by atoms with Crippen molar-refractivity contribution in [3.8, 4) is 0 Å². The van der Waals surface area contributed by atoms with Gasteiger partial charge in [0.2, 0.25) is 10.0 Å². The first-order valence-electron chi connectivity index (χ1n) is 5.22. The fourth-order valence-corrected chi connectivity index (χ4v) is 3.24. The molecule has 4 nitrogen and oxygen atoms in total. The van der Waals surface area contributed by atoms with Crippen molar-refractivity contribution >= 4 is 15.7 Å². The molecule has 92 valence electrons. The molecular formula is C11H13FN2O2S. The van der Waals surface area contributed by atoms with Gasteiger partial charge >= 0.3 is 0 Å². The van der Waals surface area contributed by atoms with Gasteiger partial charge < -0.3 is 5.73 Å². The molecule has 0 amide bonds. The minimum atomic E-state index is -3.70. The van der Waals surface area contributed by atoms with Crippen LogP contribution < -0.4 is 5.73 Å². The highest BCUT2D eigenvalue weighted by Crippen LogP contribution is 2.24. The van der Waals surface area contributed by atoms with Crippen molar-refractivity contribution in [1.29, 1.82) is 0 Å². The highest BCUT2D eigenvalue weighted by molar-refractivity contribution is 7.89. The molecule has 0 saturated heterocycles. The standard InChI is InChI=1S/C11H13FN2O2S/c12-9-4-5-10(13)11(8-9)17(15,16)14-6-2-1-3-7-14/h1-2,4-5,8H,3,6-7,13H2. The van der Waals surface area contributed by atoms with E-state index in [0.717, 1.165) is 12.1 Å². The molecule has 2 rings (SSSR count). The van der Waals surface area contributed by atoms with Crippen molar-refractivity contribution in [2.45, 2.75) is 11.3 Å². The Morgan fingerprint density at radius 2 is 2.06 bits per heavy atom. The van der Waals surface area contributed by atoms with E-state index in [0.29, 0.717) is 19.5 Å². The van der Waals surface area contributed by atoms with Gasteiger partial charge in [0.1, 0.15) is 10.7 Å². The van der Waals surface area contributed by atoms with Crippen LogP contribution in [0.25, 0.3) is 0 Å². The van der Waals surface area contributed by atoms with Crippen molar-refractivity contribution in [2.24, 2.45) is 0 Å². The quantitative estimate of drug-likeness (QED) is 0.642. The van der Waals surface area contributed by atoms with Crippen LogP contribution in [0.2, 0.25) is 0 Å². The maximum Gasteiger partial charge on any atom is 0.245 e. The number of nitrogens with two attached hydrogens (primary N) is 1. The third-order valence-electron chi connectivity index (χ3n) is 2.61. The first kappa shape index (κ1) is 12.1. The van der Waals surface area contributed by atoms with Crippen molar-refractivity contribution in [2.75, 3.05) is 18.8 Å². The van der Waals surface area contributed by atoms with E-state index in [9.17, 15) is 12.8 Å². The summed E-state index contributed by atoms with van der Waals surface area (Å²) in [5.41, 5.74) is 5.66. The van der Waals surface area contributed by atoms with Crippen LogP contribution >= 0.6 is 0 Å². The third kappa shape index (κ3) is 2.32. The number of anilines is 1. The van der Waals surface area contributed by atoms with Gasteiger partial charge in [-0.3, -0.25) is 0 Å². The second-order valence-electron chi connectivity index (χ2n) is 3.81. The summed E-state index contributed by atoms with van der Waals surface area (Å²) >= 11 is 0. The largest absolute Gasteiger partial charge is 0.398 e. The lowest BCUT2D eigenvalue weighted by Crippen LogP contribution is -2.34. The lowest BCUT2D eigenvalue weighted by atomic mass is 10.3. The van der Waals surface area contributed by atoms with Crippen molar-refractivity contribution in [1.82, 2.24) is 4.31 Å². The van der Waals surface area contributed by atoms with Crippen LogP contribution in [0.3, 0.4) is 0 Å². The Balaban J connectivity index is 2.44. The van der Waals surface area contributed by atoms with Gasteiger partial charge in [-0.05, 0) is 24.6 Å². The summed E-state index contributed by atoms with van der Waals surface area (Å²) < 4.78 is 38.8. The average Bonchev–Trinajstić information content (AvgIpc) is 2.33.